The fraction of sp³-hybridized carbons (Fsp3) is 0.0909. The van der Waals surface area contributed by atoms with Gasteiger partial charge >= 0.3 is 5.97 Å². The normalized spacial score (nSPS) is 11.0. The molecule has 0 atom stereocenters. The average Bonchev–Trinajstić information content (AvgIpc) is 2.65. The summed E-state index contributed by atoms with van der Waals surface area (Å²) in [7, 11) is 3.99. The molecular weight excluding hydrogens is 356 g/mol. The van der Waals surface area contributed by atoms with Crippen LogP contribution in [0.15, 0.2) is 60.7 Å². The summed E-state index contributed by atoms with van der Waals surface area (Å²) in [6.45, 7) is 0. The highest BCUT2D eigenvalue weighted by Crippen LogP contribution is 2.44. The van der Waals surface area contributed by atoms with E-state index in [4.69, 9.17) is 5.41 Å². The Bertz CT molecular complexity index is 1210. The smallest absolute Gasteiger partial charge is 0.336 e. The van der Waals surface area contributed by atoms with E-state index in [1.807, 2.05) is 49.3 Å². The maximum Gasteiger partial charge on any atom is 0.336 e. The Kier molecular flexibility index (Phi) is 4.16. The van der Waals surface area contributed by atoms with Crippen LogP contribution in [-0.4, -0.2) is 25.2 Å². The molecular formula is C22H18N2O2S. The highest BCUT2D eigenvalue weighted by molar-refractivity contribution is 7.21. The Balaban J connectivity index is 2.18. The van der Waals surface area contributed by atoms with Crippen LogP contribution in [0.2, 0.25) is 0 Å². The summed E-state index contributed by atoms with van der Waals surface area (Å²) >= 11 is 1.63. The highest BCUT2D eigenvalue weighted by atomic mass is 32.1. The molecule has 4 nitrogen and oxygen atoms in total. The lowest BCUT2D eigenvalue weighted by Gasteiger charge is -2.19. The second-order valence-electron chi connectivity index (χ2n) is 6.61. The van der Waals surface area contributed by atoms with Gasteiger partial charge in [0, 0.05) is 40.3 Å². The van der Waals surface area contributed by atoms with Crippen molar-refractivity contribution < 1.29 is 9.90 Å². The van der Waals surface area contributed by atoms with E-state index >= 15 is 0 Å². The number of aromatic carboxylic acids is 1. The first kappa shape index (κ1) is 17.2. The Hall–Kier alpha value is -3.18. The van der Waals surface area contributed by atoms with E-state index in [0.29, 0.717) is 10.9 Å². The molecule has 2 aliphatic rings. The number of nitrogens with one attached hydrogen (secondary N) is 1. The minimum absolute atomic E-state index is 0.280. The Morgan fingerprint density at radius 2 is 1.78 bits per heavy atom. The number of hydrogen-bond acceptors (Lipinski definition) is 4. The molecule has 2 aromatic rings. The van der Waals surface area contributed by atoms with Crippen LogP contribution in [-0.2, 0) is 0 Å². The summed E-state index contributed by atoms with van der Waals surface area (Å²) in [5.41, 5.74) is 3.93. The molecule has 0 unspecified atom stereocenters. The molecule has 1 aliphatic carbocycles. The highest BCUT2D eigenvalue weighted by Gasteiger charge is 2.20. The van der Waals surface area contributed by atoms with Gasteiger partial charge in [-0.15, -0.1) is 11.3 Å². The van der Waals surface area contributed by atoms with Gasteiger partial charge in [0.2, 0.25) is 0 Å². The van der Waals surface area contributed by atoms with Crippen molar-refractivity contribution in [1.82, 2.24) is 0 Å². The van der Waals surface area contributed by atoms with Crippen molar-refractivity contribution in [1.29, 1.82) is 5.41 Å². The molecule has 0 saturated carbocycles. The monoisotopic (exact) mass is 374 g/mol. The molecule has 0 bridgehead atoms. The third-order valence-corrected chi connectivity index (χ3v) is 5.76. The van der Waals surface area contributed by atoms with Crippen LogP contribution < -0.4 is 10.3 Å². The van der Waals surface area contributed by atoms with Crippen molar-refractivity contribution in [2.45, 2.75) is 0 Å². The zero-order valence-corrected chi connectivity index (χ0v) is 15.8. The zero-order chi connectivity index (χ0) is 19.1. The minimum atomic E-state index is -0.943. The van der Waals surface area contributed by atoms with E-state index in [1.165, 1.54) is 0 Å². The number of rotatable bonds is 3. The molecule has 1 heterocycles. The average molecular weight is 374 g/mol. The summed E-state index contributed by atoms with van der Waals surface area (Å²) in [5, 5.41) is 19.1. The number of benzene rings is 3. The lowest BCUT2D eigenvalue weighted by molar-refractivity contribution is 0.0698. The Morgan fingerprint density at radius 1 is 1.00 bits per heavy atom. The molecule has 0 amide bonds. The number of carbonyl (C=O) groups is 1. The van der Waals surface area contributed by atoms with Gasteiger partial charge in [0.25, 0.3) is 0 Å². The molecule has 0 saturated heterocycles. The SMILES string of the molecule is CN(C)c1ccc2c(-c3ccccc3C(=O)O)c3ccc(=N)cc-3sc2c1. The van der Waals surface area contributed by atoms with Crippen LogP contribution in [0.25, 0.3) is 31.7 Å². The standard InChI is InChI=1S/C22H18N2O2S/c1-24(2)14-8-10-18-20(12-14)27-19-11-13(23)7-9-17(19)21(18)15-5-3-4-6-16(15)22(25)26/h3-12,23H,1-2H3,(H,25,26). The van der Waals surface area contributed by atoms with E-state index in [-0.39, 0.29) is 5.56 Å². The van der Waals surface area contributed by atoms with Gasteiger partial charge in [-0.1, -0.05) is 30.3 Å². The third-order valence-electron chi connectivity index (χ3n) is 4.65. The number of nitrogens with zero attached hydrogens (tertiary/aromatic N) is 1. The van der Waals surface area contributed by atoms with Gasteiger partial charge in [-0.25, -0.2) is 4.79 Å². The van der Waals surface area contributed by atoms with Crippen molar-refractivity contribution >= 4 is 33.1 Å². The predicted octanol–water partition coefficient (Wildman–Crippen LogP) is 4.92. The van der Waals surface area contributed by atoms with Crippen molar-refractivity contribution in [2.24, 2.45) is 0 Å². The lowest BCUT2D eigenvalue weighted by atomic mass is 9.92. The zero-order valence-electron chi connectivity index (χ0n) is 15.0. The summed E-state index contributed by atoms with van der Waals surface area (Å²) in [5.74, 6) is -0.943. The van der Waals surface area contributed by atoms with E-state index in [2.05, 4.69) is 12.1 Å². The quantitative estimate of drug-likeness (QED) is 0.501. The number of fused-ring (bicyclic) bond motifs is 2. The largest absolute Gasteiger partial charge is 0.478 e. The van der Waals surface area contributed by atoms with Crippen molar-refractivity contribution in [3.05, 3.63) is 71.6 Å². The Labute approximate surface area is 160 Å². The molecule has 2 N–H and O–H groups in total. The van der Waals surface area contributed by atoms with Gasteiger partial charge in [0.05, 0.1) is 10.9 Å². The van der Waals surface area contributed by atoms with Crippen LogP contribution in [0.1, 0.15) is 10.4 Å². The van der Waals surface area contributed by atoms with Crippen LogP contribution >= 0.6 is 11.3 Å². The van der Waals surface area contributed by atoms with Gasteiger partial charge < -0.3 is 15.4 Å². The topological polar surface area (TPSA) is 64.4 Å². The van der Waals surface area contributed by atoms with Crippen LogP contribution in [0, 0.1) is 5.41 Å². The van der Waals surface area contributed by atoms with E-state index in [9.17, 15) is 9.90 Å². The second-order valence-corrected chi connectivity index (χ2v) is 7.70. The molecule has 2 aromatic carbocycles. The fourth-order valence-corrected chi connectivity index (χ4v) is 4.50. The molecule has 0 fully saturated rings. The van der Waals surface area contributed by atoms with Crippen LogP contribution in [0.4, 0.5) is 5.69 Å². The molecule has 0 aromatic heterocycles. The van der Waals surface area contributed by atoms with Gasteiger partial charge in [-0.05, 0) is 41.5 Å². The molecule has 0 radical (unpaired) electrons. The fourth-order valence-electron chi connectivity index (χ4n) is 3.33. The number of carboxylic acid groups (broad SMARTS) is 1. The minimum Gasteiger partial charge on any atom is -0.478 e. The maximum absolute atomic E-state index is 11.8. The van der Waals surface area contributed by atoms with Gasteiger partial charge in [-0.3, -0.25) is 0 Å². The van der Waals surface area contributed by atoms with Gasteiger partial charge in [-0.2, -0.15) is 0 Å². The van der Waals surface area contributed by atoms with E-state index < -0.39 is 5.97 Å². The number of hydrogen-bond donors (Lipinski definition) is 2. The molecule has 134 valence electrons. The van der Waals surface area contributed by atoms with Gasteiger partial charge in [0.15, 0.2) is 0 Å². The van der Waals surface area contributed by atoms with Crippen LogP contribution in [0.5, 0.6) is 0 Å². The number of anilines is 1. The molecule has 1 aliphatic heterocycles. The van der Waals surface area contributed by atoms with Crippen molar-refractivity contribution in [3.8, 4) is 21.6 Å². The van der Waals surface area contributed by atoms with Crippen molar-refractivity contribution in [3.63, 3.8) is 0 Å². The molecule has 27 heavy (non-hydrogen) atoms. The predicted molar refractivity (Wildman–Crippen MR) is 111 cm³/mol. The summed E-state index contributed by atoms with van der Waals surface area (Å²) in [6.07, 6.45) is 0. The van der Waals surface area contributed by atoms with E-state index in [1.54, 1.807) is 29.5 Å². The first-order valence-corrected chi connectivity index (χ1v) is 9.32. The first-order chi connectivity index (χ1) is 13.0. The van der Waals surface area contributed by atoms with Crippen molar-refractivity contribution in [2.75, 3.05) is 19.0 Å². The number of carboxylic acids is 1. The molecule has 0 spiro atoms. The first-order valence-electron chi connectivity index (χ1n) is 8.51. The summed E-state index contributed by atoms with van der Waals surface area (Å²) in [6, 6.07) is 18.8. The van der Waals surface area contributed by atoms with Gasteiger partial charge in [0.1, 0.15) is 0 Å². The summed E-state index contributed by atoms with van der Waals surface area (Å²) in [4.78, 5) is 14.8. The van der Waals surface area contributed by atoms with Crippen LogP contribution in [0.3, 0.4) is 0 Å². The third kappa shape index (κ3) is 2.96. The Morgan fingerprint density at radius 3 is 2.52 bits per heavy atom. The second kappa shape index (κ2) is 6.52. The molecule has 4 rings (SSSR count). The van der Waals surface area contributed by atoms with E-state index in [0.717, 1.165) is 31.8 Å². The lowest BCUT2D eigenvalue weighted by Crippen LogP contribution is -2.08. The maximum atomic E-state index is 11.8. The summed E-state index contributed by atoms with van der Waals surface area (Å²) < 4.78 is 1.06. The molecule has 5 heteroatoms.